The molecule has 0 saturated heterocycles. The smallest absolute Gasteiger partial charge is 0.166 e. The molecule has 0 aromatic heterocycles. The first-order valence-electron chi connectivity index (χ1n) is 7.65. The van der Waals surface area contributed by atoms with Gasteiger partial charge in [0.2, 0.25) is 0 Å². The first-order valence-corrected chi connectivity index (χ1v) is 8.06. The standard InChI is InChI=1S/C15H28N2S/c1-15(2)11-7-6-10-13(15)17-14(18)16-12-8-4-3-5-9-12/h12-13H,3-11H2,1-2H3,(H2,16,17,18). The zero-order valence-corrected chi connectivity index (χ0v) is 12.7. The van der Waals surface area contributed by atoms with E-state index in [4.69, 9.17) is 12.2 Å². The first kappa shape index (κ1) is 14.1. The van der Waals surface area contributed by atoms with Crippen LogP contribution in [0.4, 0.5) is 0 Å². The number of thiocarbonyl (C=S) groups is 1. The number of hydrogen-bond acceptors (Lipinski definition) is 1. The number of hydrogen-bond donors (Lipinski definition) is 2. The van der Waals surface area contributed by atoms with Crippen molar-refractivity contribution in [2.45, 2.75) is 83.7 Å². The maximum absolute atomic E-state index is 5.50. The fraction of sp³-hybridized carbons (Fsp3) is 0.933. The van der Waals surface area contributed by atoms with Crippen LogP contribution in [0.3, 0.4) is 0 Å². The molecule has 2 fully saturated rings. The molecular formula is C15H28N2S. The summed E-state index contributed by atoms with van der Waals surface area (Å²) in [4.78, 5) is 0. The van der Waals surface area contributed by atoms with E-state index in [2.05, 4.69) is 24.5 Å². The van der Waals surface area contributed by atoms with Crippen LogP contribution in [-0.4, -0.2) is 17.2 Å². The molecule has 1 atom stereocenters. The van der Waals surface area contributed by atoms with E-state index in [1.807, 2.05) is 0 Å². The summed E-state index contributed by atoms with van der Waals surface area (Å²) in [6, 6.07) is 1.17. The van der Waals surface area contributed by atoms with Crippen molar-refractivity contribution in [1.82, 2.24) is 10.6 Å². The van der Waals surface area contributed by atoms with Crippen LogP contribution in [0.2, 0.25) is 0 Å². The normalized spacial score (nSPS) is 28.7. The van der Waals surface area contributed by atoms with E-state index >= 15 is 0 Å². The summed E-state index contributed by atoms with van der Waals surface area (Å²) >= 11 is 5.50. The van der Waals surface area contributed by atoms with Gasteiger partial charge in [-0.15, -0.1) is 0 Å². The third kappa shape index (κ3) is 3.84. The van der Waals surface area contributed by atoms with Crippen LogP contribution in [0, 0.1) is 5.41 Å². The lowest BCUT2D eigenvalue weighted by molar-refractivity contribution is 0.185. The lowest BCUT2D eigenvalue weighted by atomic mass is 9.73. The highest BCUT2D eigenvalue weighted by atomic mass is 32.1. The molecule has 0 aromatic rings. The van der Waals surface area contributed by atoms with Crippen molar-refractivity contribution in [1.29, 1.82) is 0 Å². The summed E-state index contributed by atoms with van der Waals surface area (Å²) in [5.41, 5.74) is 0.385. The van der Waals surface area contributed by atoms with Crippen molar-refractivity contribution in [3.8, 4) is 0 Å². The molecule has 0 spiro atoms. The highest BCUT2D eigenvalue weighted by Crippen LogP contribution is 2.35. The van der Waals surface area contributed by atoms with E-state index in [1.165, 1.54) is 57.8 Å². The summed E-state index contributed by atoms with van der Waals surface area (Å²) < 4.78 is 0. The van der Waals surface area contributed by atoms with E-state index in [0.717, 1.165) is 5.11 Å². The monoisotopic (exact) mass is 268 g/mol. The maximum atomic E-state index is 5.50. The molecule has 104 valence electrons. The van der Waals surface area contributed by atoms with Crippen molar-refractivity contribution >= 4 is 17.3 Å². The average molecular weight is 268 g/mol. The molecule has 18 heavy (non-hydrogen) atoms. The molecule has 0 heterocycles. The van der Waals surface area contributed by atoms with Gasteiger partial charge in [-0.1, -0.05) is 46.0 Å². The van der Waals surface area contributed by atoms with E-state index in [9.17, 15) is 0 Å². The van der Waals surface area contributed by atoms with Gasteiger partial charge in [-0.2, -0.15) is 0 Å². The molecule has 2 N–H and O–H groups in total. The molecule has 0 aliphatic heterocycles. The second-order valence-corrected chi connectivity index (χ2v) is 7.15. The van der Waals surface area contributed by atoms with Gasteiger partial charge in [-0.3, -0.25) is 0 Å². The van der Waals surface area contributed by atoms with E-state index in [0.29, 0.717) is 17.5 Å². The number of nitrogens with one attached hydrogen (secondary N) is 2. The molecule has 3 heteroatoms. The highest BCUT2D eigenvalue weighted by molar-refractivity contribution is 7.80. The van der Waals surface area contributed by atoms with Gasteiger partial charge in [0.05, 0.1) is 0 Å². The van der Waals surface area contributed by atoms with Gasteiger partial charge in [-0.25, -0.2) is 0 Å². The second-order valence-electron chi connectivity index (χ2n) is 6.74. The summed E-state index contributed by atoms with van der Waals surface area (Å²) in [7, 11) is 0. The Hall–Kier alpha value is -0.310. The molecule has 1 unspecified atom stereocenters. The van der Waals surface area contributed by atoms with Crippen LogP contribution in [0.5, 0.6) is 0 Å². The largest absolute Gasteiger partial charge is 0.360 e. The molecule has 2 rings (SSSR count). The van der Waals surface area contributed by atoms with Crippen LogP contribution in [0.1, 0.15) is 71.6 Å². The quantitative estimate of drug-likeness (QED) is 0.746. The SMILES string of the molecule is CC1(C)CCCCC1NC(=S)NC1CCCCC1. The highest BCUT2D eigenvalue weighted by Gasteiger charge is 2.32. The molecule has 0 amide bonds. The molecule has 2 nitrogen and oxygen atoms in total. The molecule has 2 aliphatic carbocycles. The molecule has 0 bridgehead atoms. The van der Waals surface area contributed by atoms with Crippen LogP contribution in [0.25, 0.3) is 0 Å². The van der Waals surface area contributed by atoms with Gasteiger partial charge in [0, 0.05) is 12.1 Å². The molecule has 2 aliphatic rings. The zero-order valence-electron chi connectivity index (χ0n) is 11.9. The zero-order chi connectivity index (χ0) is 13.0. The van der Waals surface area contributed by atoms with Crippen molar-refractivity contribution in [3.05, 3.63) is 0 Å². The van der Waals surface area contributed by atoms with Crippen LogP contribution in [0.15, 0.2) is 0 Å². The Morgan fingerprint density at radius 2 is 1.61 bits per heavy atom. The van der Waals surface area contributed by atoms with Gasteiger partial charge < -0.3 is 10.6 Å². The Labute approximate surface area is 117 Å². The van der Waals surface area contributed by atoms with Crippen LogP contribution < -0.4 is 10.6 Å². The van der Waals surface area contributed by atoms with Gasteiger partial charge in [0.25, 0.3) is 0 Å². The predicted octanol–water partition coefficient (Wildman–Crippen LogP) is 3.75. The Bertz CT molecular complexity index is 282. The van der Waals surface area contributed by atoms with Crippen molar-refractivity contribution in [2.75, 3.05) is 0 Å². The minimum atomic E-state index is 0.385. The summed E-state index contributed by atoms with van der Waals surface area (Å²) in [5, 5.41) is 7.99. The van der Waals surface area contributed by atoms with E-state index in [-0.39, 0.29) is 0 Å². The van der Waals surface area contributed by atoms with Gasteiger partial charge in [0.1, 0.15) is 0 Å². The summed E-state index contributed by atoms with van der Waals surface area (Å²) in [6.07, 6.45) is 12.0. The van der Waals surface area contributed by atoms with E-state index < -0.39 is 0 Å². The Morgan fingerprint density at radius 3 is 2.28 bits per heavy atom. The molecule has 0 radical (unpaired) electrons. The Balaban J connectivity index is 1.79. The third-order valence-electron chi connectivity index (χ3n) is 4.75. The minimum Gasteiger partial charge on any atom is -0.360 e. The van der Waals surface area contributed by atoms with Crippen molar-refractivity contribution in [3.63, 3.8) is 0 Å². The number of rotatable bonds is 2. The van der Waals surface area contributed by atoms with Crippen LogP contribution in [-0.2, 0) is 0 Å². The molecule has 2 saturated carbocycles. The van der Waals surface area contributed by atoms with Crippen molar-refractivity contribution < 1.29 is 0 Å². The third-order valence-corrected chi connectivity index (χ3v) is 4.99. The first-order chi connectivity index (χ1) is 8.58. The molecular weight excluding hydrogens is 240 g/mol. The summed E-state index contributed by atoms with van der Waals surface area (Å²) in [5.74, 6) is 0. The van der Waals surface area contributed by atoms with E-state index in [1.54, 1.807) is 0 Å². The Kier molecular flexibility index (Phi) is 4.88. The summed E-state index contributed by atoms with van der Waals surface area (Å²) in [6.45, 7) is 4.74. The van der Waals surface area contributed by atoms with Crippen molar-refractivity contribution in [2.24, 2.45) is 5.41 Å². The lowest BCUT2D eigenvalue weighted by Crippen LogP contribution is -2.52. The average Bonchev–Trinajstić information content (AvgIpc) is 2.33. The fourth-order valence-corrected chi connectivity index (χ4v) is 3.70. The van der Waals surface area contributed by atoms with Crippen LogP contribution >= 0.6 is 12.2 Å². The fourth-order valence-electron chi connectivity index (χ4n) is 3.39. The minimum absolute atomic E-state index is 0.385. The van der Waals surface area contributed by atoms with Gasteiger partial charge in [-0.05, 0) is 43.3 Å². The van der Waals surface area contributed by atoms with Gasteiger partial charge in [0.15, 0.2) is 5.11 Å². The Morgan fingerprint density at radius 1 is 0.944 bits per heavy atom. The maximum Gasteiger partial charge on any atom is 0.166 e. The second kappa shape index (κ2) is 6.23. The lowest BCUT2D eigenvalue weighted by Gasteiger charge is -2.40. The predicted molar refractivity (Wildman–Crippen MR) is 81.8 cm³/mol. The van der Waals surface area contributed by atoms with Gasteiger partial charge >= 0.3 is 0 Å². The molecule has 0 aromatic carbocycles. The topological polar surface area (TPSA) is 24.1 Å².